The fourth-order valence-electron chi connectivity index (χ4n) is 2.38. The van der Waals surface area contributed by atoms with Crippen LogP contribution in [0.2, 0.25) is 0 Å². The highest BCUT2D eigenvalue weighted by Crippen LogP contribution is 2.18. The number of urea groups is 1. The van der Waals surface area contributed by atoms with Crippen LogP contribution in [0.1, 0.15) is 18.9 Å². The van der Waals surface area contributed by atoms with Crippen molar-refractivity contribution in [2.75, 3.05) is 6.54 Å². The van der Waals surface area contributed by atoms with Crippen molar-refractivity contribution in [3.05, 3.63) is 22.4 Å². The standard InChI is InChI=1S/C13H18N2O4S/c1-8(4-9-2-3-20-7-9)14-13(19)15-6-10(16)5-11(15)12(17)18/h2-3,7-8,10-11,16H,4-6H2,1H3,(H,14,19)(H,17,18)/t8?,10?,11-/m0/s1. The topological polar surface area (TPSA) is 89.9 Å². The maximum absolute atomic E-state index is 12.1. The first-order chi connectivity index (χ1) is 9.47. The van der Waals surface area contributed by atoms with E-state index < -0.39 is 24.1 Å². The van der Waals surface area contributed by atoms with Crippen molar-refractivity contribution in [1.29, 1.82) is 0 Å². The van der Waals surface area contributed by atoms with Gasteiger partial charge in [-0.05, 0) is 35.7 Å². The van der Waals surface area contributed by atoms with Crippen LogP contribution in [0.5, 0.6) is 0 Å². The van der Waals surface area contributed by atoms with E-state index in [2.05, 4.69) is 5.32 Å². The smallest absolute Gasteiger partial charge is 0.326 e. The average Bonchev–Trinajstić information content (AvgIpc) is 2.97. The molecule has 0 aromatic carbocycles. The number of aliphatic hydroxyl groups excluding tert-OH is 1. The third kappa shape index (κ3) is 3.49. The minimum absolute atomic E-state index is 0.0635. The van der Waals surface area contributed by atoms with E-state index in [4.69, 9.17) is 5.11 Å². The van der Waals surface area contributed by atoms with Gasteiger partial charge in [0.05, 0.1) is 6.10 Å². The molecule has 0 aliphatic carbocycles. The SMILES string of the molecule is CC(Cc1ccsc1)NC(=O)N1CC(O)C[C@H]1C(=O)O. The average molecular weight is 298 g/mol. The number of hydrogen-bond acceptors (Lipinski definition) is 4. The lowest BCUT2D eigenvalue weighted by Crippen LogP contribution is -2.49. The Hall–Kier alpha value is -1.60. The Morgan fingerprint density at radius 2 is 2.35 bits per heavy atom. The second-order valence-corrected chi connectivity index (χ2v) is 5.86. The molecular weight excluding hydrogens is 280 g/mol. The normalized spacial score (nSPS) is 23.6. The maximum Gasteiger partial charge on any atom is 0.326 e. The van der Waals surface area contributed by atoms with E-state index in [-0.39, 0.29) is 19.0 Å². The van der Waals surface area contributed by atoms with E-state index >= 15 is 0 Å². The van der Waals surface area contributed by atoms with Crippen molar-refractivity contribution in [3.8, 4) is 0 Å². The lowest BCUT2D eigenvalue weighted by molar-refractivity contribution is -0.141. The van der Waals surface area contributed by atoms with Gasteiger partial charge in [0.25, 0.3) is 0 Å². The molecule has 6 nitrogen and oxygen atoms in total. The van der Waals surface area contributed by atoms with Gasteiger partial charge < -0.3 is 20.4 Å². The van der Waals surface area contributed by atoms with Gasteiger partial charge >= 0.3 is 12.0 Å². The summed E-state index contributed by atoms with van der Waals surface area (Å²) in [6.45, 7) is 1.94. The van der Waals surface area contributed by atoms with Crippen LogP contribution in [-0.4, -0.2) is 51.8 Å². The molecule has 2 heterocycles. The Balaban J connectivity index is 1.92. The Morgan fingerprint density at radius 1 is 1.60 bits per heavy atom. The molecule has 3 N–H and O–H groups in total. The summed E-state index contributed by atoms with van der Waals surface area (Å²) in [7, 11) is 0. The first kappa shape index (κ1) is 14.8. The molecule has 1 aromatic heterocycles. The molecule has 1 saturated heterocycles. The van der Waals surface area contributed by atoms with E-state index in [9.17, 15) is 14.7 Å². The van der Waals surface area contributed by atoms with Gasteiger partial charge in [-0.2, -0.15) is 11.3 Å². The molecule has 3 atom stereocenters. The van der Waals surface area contributed by atoms with Crippen LogP contribution in [0.25, 0.3) is 0 Å². The summed E-state index contributed by atoms with van der Waals surface area (Å²) in [6.07, 6.45) is 0.0134. The van der Waals surface area contributed by atoms with E-state index in [0.717, 1.165) is 5.56 Å². The summed E-state index contributed by atoms with van der Waals surface area (Å²) in [4.78, 5) is 24.4. The number of nitrogens with one attached hydrogen (secondary N) is 1. The predicted molar refractivity (Wildman–Crippen MR) is 74.8 cm³/mol. The second-order valence-electron chi connectivity index (χ2n) is 5.08. The molecule has 1 aromatic rings. The summed E-state index contributed by atoms with van der Waals surface area (Å²) >= 11 is 1.60. The first-order valence-corrected chi connectivity index (χ1v) is 7.40. The molecule has 0 radical (unpaired) electrons. The van der Waals surface area contributed by atoms with Crippen LogP contribution in [0.3, 0.4) is 0 Å². The number of β-amino-alcohol motifs (C(OH)–C–C–N with tert-alkyl or cyclic N) is 1. The molecule has 0 saturated carbocycles. The number of carboxylic acid groups (broad SMARTS) is 1. The van der Waals surface area contributed by atoms with Crippen molar-refractivity contribution in [3.63, 3.8) is 0 Å². The van der Waals surface area contributed by atoms with Gasteiger partial charge in [-0.25, -0.2) is 9.59 Å². The third-order valence-electron chi connectivity index (χ3n) is 3.32. The summed E-state index contributed by atoms with van der Waals surface area (Å²) in [5.41, 5.74) is 1.14. The number of thiophene rings is 1. The Kier molecular flexibility index (Phi) is 4.61. The third-order valence-corrected chi connectivity index (χ3v) is 4.05. The molecule has 0 spiro atoms. The Labute approximate surface area is 121 Å². The molecule has 2 unspecified atom stereocenters. The first-order valence-electron chi connectivity index (χ1n) is 6.46. The second kappa shape index (κ2) is 6.23. The molecule has 110 valence electrons. The zero-order valence-corrected chi connectivity index (χ0v) is 12.0. The van der Waals surface area contributed by atoms with Gasteiger partial charge in [0, 0.05) is 19.0 Å². The maximum atomic E-state index is 12.1. The van der Waals surface area contributed by atoms with E-state index in [1.54, 1.807) is 11.3 Å². The number of nitrogens with zero attached hydrogens (tertiary/aromatic N) is 1. The van der Waals surface area contributed by atoms with E-state index in [1.807, 2.05) is 23.8 Å². The highest BCUT2D eigenvalue weighted by atomic mass is 32.1. The van der Waals surface area contributed by atoms with E-state index in [1.165, 1.54) is 4.90 Å². The van der Waals surface area contributed by atoms with Crippen molar-refractivity contribution in [2.45, 2.75) is 38.0 Å². The monoisotopic (exact) mass is 298 g/mol. The van der Waals surface area contributed by atoms with Crippen LogP contribution in [-0.2, 0) is 11.2 Å². The fourth-order valence-corrected chi connectivity index (χ4v) is 3.06. The van der Waals surface area contributed by atoms with Crippen molar-refractivity contribution >= 4 is 23.3 Å². The quantitative estimate of drug-likeness (QED) is 0.770. The molecule has 1 fully saturated rings. The van der Waals surface area contributed by atoms with Crippen molar-refractivity contribution < 1.29 is 19.8 Å². The zero-order valence-electron chi connectivity index (χ0n) is 11.2. The number of likely N-dealkylation sites (tertiary alicyclic amines) is 1. The summed E-state index contributed by atoms with van der Waals surface area (Å²) in [6, 6.07) is 0.520. The highest BCUT2D eigenvalue weighted by Gasteiger charge is 2.39. The number of hydrogen-bond donors (Lipinski definition) is 3. The number of amides is 2. The van der Waals surface area contributed by atoms with E-state index in [0.29, 0.717) is 6.42 Å². The van der Waals surface area contributed by atoms with Crippen LogP contribution in [0.15, 0.2) is 16.8 Å². The minimum Gasteiger partial charge on any atom is -0.480 e. The number of carbonyl (C=O) groups is 2. The summed E-state index contributed by atoms with van der Waals surface area (Å²) in [5, 5.41) is 25.4. The van der Waals surface area contributed by atoms with Gasteiger partial charge in [0.15, 0.2) is 0 Å². The Morgan fingerprint density at radius 3 is 2.95 bits per heavy atom. The number of aliphatic hydroxyl groups is 1. The largest absolute Gasteiger partial charge is 0.480 e. The number of rotatable bonds is 4. The number of carbonyl (C=O) groups excluding carboxylic acids is 1. The van der Waals surface area contributed by atoms with Gasteiger partial charge in [0.1, 0.15) is 6.04 Å². The molecule has 0 bridgehead atoms. The van der Waals surface area contributed by atoms with Crippen LogP contribution in [0.4, 0.5) is 4.79 Å². The molecular formula is C13H18N2O4S. The minimum atomic E-state index is -1.08. The van der Waals surface area contributed by atoms with Crippen molar-refractivity contribution in [2.24, 2.45) is 0 Å². The van der Waals surface area contributed by atoms with Gasteiger partial charge in [-0.15, -0.1) is 0 Å². The van der Waals surface area contributed by atoms with Crippen LogP contribution in [0, 0.1) is 0 Å². The van der Waals surface area contributed by atoms with Crippen LogP contribution >= 0.6 is 11.3 Å². The van der Waals surface area contributed by atoms with Gasteiger partial charge in [0.2, 0.25) is 0 Å². The summed E-state index contributed by atoms with van der Waals surface area (Å²) in [5.74, 6) is -1.08. The molecule has 2 rings (SSSR count). The van der Waals surface area contributed by atoms with Gasteiger partial charge in [-0.3, -0.25) is 0 Å². The molecule has 2 amide bonds. The van der Waals surface area contributed by atoms with Crippen molar-refractivity contribution in [1.82, 2.24) is 10.2 Å². The zero-order chi connectivity index (χ0) is 14.7. The predicted octanol–water partition coefficient (Wildman–Crippen LogP) is 0.908. The Bertz CT molecular complexity index is 477. The summed E-state index contributed by atoms with van der Waals surface area (Å²) < 4.78 is 0. The molecule has 7 heteroatoms. The molecule has 20 heavy (non-hydrogen) atoms. The van der Waals surface area contributed by atoms with Gasteiger partial charge in [-0.1, -0.05) is 0 Å². The lowest BCUT2D eigenvalue weighted by atomic mass is 10.1. The highest BCUT2D eigenvalue weighted by molar-refractivity contribution is 7.07. The lowest BCUT2D eigenvalue weighted by Gasteiger charge is -2.24. The number of carboxylic acids is 1. The molecule has 1 aliphatic heterocycles. The molecule has 1 aliphatic rings. The fraction of sp³-hybridized carbons (Fsp3) is 0.538. The number of aliphatic carboxylic acids is 1. The van der Waals surface area contributed by atoms with Crippen LogP contribution < -0.4 is 5.32 Å².